The van der Waals surface area contributed by atoms with Gasteiger partial charge in [0.1, 0.15) is 5.52 Å². The molecule has 0 saturated heterocycles. The van der Waals surface area contributed by atoms with Gasteiger partial charge in [0.05, 0.1) is 0 Å². The molecule has 2 aromatic rings. The number of aromatic nitrogens is 1. The van der Waals surface area contributed by atoms with Gasteiger partial charge < -0.3 is 10.2 Å². The van der Waals surface area contributed by atoms with Crippen LogP contribution in [0.3, 0.4) is 0 Å². The zero-order valence-electron chi connectivity index (χ0n) is 12.0. The number of oxazole rings is 1. The highest BCUT2D eigenvalue weighted by Crippen LogP contribution is 2.38. The van der Waals surface area contributed by atoms with Crippen molar-refractivity contribution in [2.45, 2.75) is 57.8 Å². The molecule has 1 aliphatic carbocycles. The van der Waals surface area contributed by atoms with Gasteiger partial charge in [0.25, 0.3) is 0 Å². The average Bonchev–Trinajstić information content (AvgIpc) is 2.93. The molecule has 0 atom stereocenters. The summed E-state index contributed by atoms with van der Waals surface area (Å²) in [5, 5.41) is 0. The number of nitrogens with zero attached hydrogens (tertiary/aromatic N) is 1. The van der Waals surface area contributed by atoms with Crippen molar-refractivity contribution in [3.05, 3.63) is 23.6 Å². The minimum Gasteiger partial charge on any atom is -0.440 e. The Kier molecular flexibility index (Phi) is 2.80. The van der Waals surface area contributed by atoms with E-state index < -0.39 is 0 Å². The van der Waals surface area contributed by atoms with Crippen LogP contribution >= 0.6 is 0 Å². The van der Waals surface area contributed by atoms with Crippen LogP contribution in [0.2, 0.25) is 0 Å². The monoisotopic (exact) mass is 258 g/mol. The third-order valence-electron chi connectivity index (χ3n) is 4.04. The molecule has 19 heavy (non-hydrogen) atoms. The molecule has 0 amide bonds. The van der Waals surface area contributed by atoms with E-state index in [2.05, 4.69) is 25.8 Å². The molecular weight excluding hydrogens is 236 g/mol. The van der Waals surface area contributed by atoms with Gasteiger partial charge in [0.15, 0.2) is 11.5 Å². The van der Waals surface area contributed by atoms with Gasteiger partial charge in [-0.05, 0) is 30.4 Å². The first-order valence-corrected chi connectivity index (χ1v) is 7.15. The van der Waals surface area contributed by atoms with Gasteiger partial charge in [0, 0.05) is 17.2 Å². The first kappa shape index (κ1) is 12.5. The molecule has 3 nitrogen and oxygen atoms in total. The molecule has 0 spiro atoms. The summed E-state index contributed by atoms with van der Waals surface area (Å²) >= 11 is 0. The van der Waals surface area contributed by atoms with Gasteiger partial charge in [-0.25, -0.2) is 4.98 Å². The lowest BCUT2D eigenvalue weighted by Gasteiger charge is -2.19. The van der Waals surface area contributed by atoms with Gasteiger partial charge >= 0.3 is 0 Å². The van der Waals surface area contributed by atoms with E-state index in [4.69, 9.17) is 10.2 Å². The van der Waals surface area contributed by atoms with E-state index in [-0.39, 0.29) is 5.41 Å². The number of rotatable bonds is 1. The van der Waals surface area contributed by atoms with Crippen LogP contribution < -0.4 is 5.73 Å². The third-order valence-corrected chi connectivity index (χ3v) is 4.04. The molecule has 1 aromatic carbocycles. The van der Waals surface area contributed by atoms with Crippen molar-refractivity contribution in [2.75, 3.05) is 5.73 Å². The van der Waals surface area contributed by atoms with E-state index in [0.29, 0.717) is 5.92 Å². The molecule has 102 valence electrons. The molecule has 0 unspecified atom stereocenters. The highest BCUT2D eigenvalue weighted by Gasteiger charge is 2.26. The number of hydrogen-bond donors (Lipinski definition) is 1. The molecule has 1 fully saturated rings. The van der Waals surface area contributed by atoms with Crippen molar-refractivity contribution in [3.63, 3.8) is 0 Å². The van der Waals surface area contributed by atoms with Gasteiger partial charge in [0.2, 0.25) is 0 Å². The molecule has 0 radical (unpaired) electrons. The number of anilines is 1. The summed E-state index contributed by atoms with van der Waals surface area (Å²) in [6.45, 7) is 6.54. The second-order valence-corrected chi connectivity index (χ2v) is 6.70. The molecule has 3 heteroatoms. The van der Waals surface area contributed by atoms with Gasteiger partial charge in [-0.15, -0.1) is 0 Å². The first-order valence-electron chi connectivity index (χ1n) is 7.15. The Hall–Kier alpha value is -1.51. The van der Waals surface area contributed by atoms with Gasteiger partial charge in [-0.3, -0.25) is 0 Å². The molecule has 3 rings (SSSR count). The molecule has 1 heterocycles. The number of nitrogens with two attached hydrogens (primary N) is 1. The minimum atomic E-state index is 0.0140. The van der Waals surface area contributed by atoms with E-state index in [1.807, 2.05) is 12.1 Å². The quantitative estimate of drug-likeness (QED) is 0.773. The van der Waals surface area contributed by atoms with E-state index in [1.165, 1.54) is 25.7 Å². The van der Waals surface area contributed by atoms with Crippen LogP contribution in [0.4, 0.5) is 5.69 Å². The zero-order chi connectivity index (χ0) is 13.6. The Morgan fingerprint density at radius 3 is 2.53 bits per heavy atom. The Labute approximate surface area is 114 Å². The van der Waals surface area contributed by atoms with E-state index in [1.54, 1.807) is 0 Å². The summed E-state index contributed by atoms with van der Waals surface area (Å²) in [6.07, 6.45) is 4.98. The fourth-order valence-electron chi connectivity index (χ4n) is 2.98. The summed E-state index contributed by atoms with van der Waals surface area (Å²) in [5.74, 6) is 1.41. The SMILES string of the molecule is CC(C)(C)c1cc(N)cc2nc(C3CCCC3)oc12. The van der Waals surface area contributed by atoms with E-state index in [9.17, 15) is 0 Å². The summed E-state index contributed by atoms with van der Waals surface area (Å²) < 4.78 is 6.10. The Bertz CT molecular complexity index is 601. The predicted molar refractivity (Wildman–Crippen MR) is 78.3 cm³/mol. The normalized spacial score (nSPS) is 17.4. The van der Waals surface area contributed by atoms with Crippen LogP contribution in [0.1, 0.15) is 63.8 Å². The van der Waals surface area contributed by atoms with Crippen LogP contribution in [0.15, 0.2) is 16.5 Å². The highest BCUT2D eigenvalue weighted by atomic mass is 16.3. The van der Waals surface area contributed by atoms with E-state index in [0.717, 1.165) is 28.2 Å². The second kappa shape index (κ2) is 4.26. The largest absolute Gasteiger partial charge is 0.440 e. The summed E-state index contributed by atoms with van der Waals surface area (Å²) in [4.78, 5) is 4.68. The first-order chi connectivity index (χ1) is 8.95. The second-order valence-electron chi connectivity index (χ2n) is 6.70. The van der Waals surface area contributed by atoms with Gasteiger partial charge in [-0.2, -0.15) is 0 Å². The van der Waals surface area contributed by atoms with Crippen molar-refractivity contribution in [1.82, 2.24) is 4.98 Å². The zero-order valence-corrected chi connectivity index (χ0v) is 12.0. The van der Waals surface area contributed by atoms with Crippen LogP contribution in [0.5, 0.6) is 0 Å². The molecule has 1 aromatic heterocycles. The molecular formula is C16H22N2O. The topological polar surface area (TPSA) is 52.0 Å². The lowest BCUT2D eigenvalue weighted by Crippen LogP contribution is -2.11. The predicted octanol–water partition coefficient (Wildman–Crippen LogP) is 4.37. The smallest absolute Gasteiger partial charge is 0.198 e. The maximum atomic E-state index is 6.10. The van der Waals surface area contributed by atoms with Crippen molar-refractivity contribution < 1.29 is 4.42 Å². The summed E-state index contributed by atoms with van der Waals surface area (Å²) in [5.41, 5.74) is 9.76. The standard InChI is InChI=1S/C16H22N2O/c1-16(2,3)12-8-11(17)9-13-14(12)19-15(18-13)10-6-4-5-7-10/h8-10H,4-7,17H2,1-3H3. The maximum absolute atomic E-state index is 6.10. The number of nitrogen functional groups attached to an aromatic ring is 1. The van der Waals surface area contributed by atoms with Gasteiger partial charge in [-0.1, -0.05) is 33.6 Å². The molecule has 1 saturated carbocycles. The maximum Gasteiger partial charge on any atom is 0.198 e. The lowest BCUT2D eigenvalue weighted by atomic mass is 9.86. The number of fused-ring (bicyclic) bond motifs is 1. The fraction of sp³-hybridized carbons (Fsp3) is 0.562. The van der Waals surface area contributed by atoms with Crippen LogP contribution in [0.25, 0.3) is 11.1 Å². The Balaban J connectivity index is 2.16. The van der Waals surface area contributed by atoms with Crippen LogP contribution in [-0.2, 0) is 5.41 Å². The van der Waals surface area contributed by atoms with Crippen molar-refractivity contribution in [3.8, 4) is 0 Å². The lowest BCUT2D eigenvalue weighted by molar-refractivity contribution is 0.466. The minimum absolute atomic E-state index is 0.0140. The molecule has 2 N–H and O–H groups in total. The Morgan fingerprint density at radius 1 is 1.21 bits per heavy atom. The van der Waals surface area contributed by atoms with Crippen molar-refractivity contribution in [1.29, 1.82) is 0 Å². The molecule has 0 bridgehead atoms. The van der Waals surface area contributed by atoms with Crippen LogP contribution in [-0.4, -0.2) is 4.98 Å². The van der Waals surface area contributed by atoms with Crippen molar-refractivity contribution >= 4 is 16.8 Å². The molecule has 1 aliphatic rings. The summed E-state index contributed by atoms with van der Waals surface area (Å²) in [7, 11) is 0. The molecule has 0 aliphatic heterocycles. The third kappa shape index (κ3) is 2.22. The van der Waals surface area contributed by atoms with Crippen LogP contribution in [0, 0.1) is 0 Å². The Morgan fingerprint density at radius 2 is 1.89 bits per heavy atom. The summed E-state index contributed by atoms with van der Waals surface area (Å²) in [6, 6.07) is 3.94. The van der Waals surface area contributed by atoms with Crippen molar-refractivity contribution in [2.24, 2.45) is 0 Å². The number of benzene rings is 1. The van der Waals surface area contributed by atoms with E-state index >= 15 is 0 Å². The highest BCUT2D eigenvalue weighted by molar-refractivity contribution is 5.81. The average molecular weight is 258 g/mol. The number of hydrogen-bond acceptors (Lipinski definition) is 3. The fourth-order valence-corrected chi connectivity index (χ4v) is 2.98.